The largest absolute Gasteiger partial charge is 0.480 e. The van der Waals surface area contributed by atoms with Crippen LogP contribution >= 0.6 is 11.8 Å². The second-order valence-corrected chi connectivity index (χ2v) is 12.1. The van der Waals surface area contributed by atoms with Gasteiger partial charge in [-0.2, -0.15) is 11.8 Å². The lowest BCUT2D eigenvalue weighted by Gasteiger charge is -2.25. The van der Waals surface area contributed by atoms with Crippen molar-refractivity contribution in [2.75, 3.05) is 18.1 Å². The molecular formula is C30H31N3O9S. The summed E-state index contributed by atoms with van der Waals surface area (Å²) in [6.07, 6.45) is -2.05. The number of nitrogens with zero attached hydrogens (tertiary/aromatic N) is 1. The van der Waals surface area contributed by atoms with Crippen LogP contribution in [0.1, 0.15) is 37.1 Å². The molecule has 43 heavy (non-hydrogen) atoms. The molecule has 0 radical (unpaired) electrons. The first-order valence-electron chi connectivity index (χ1n) is 13.9. The summed E-state index contributed by atoms with van der Waals surface area (Å²) in [5.41, 5.74) is 3.12. The first-order valence-corrected chi connectivity index (χ1v) is 15.0. The van der Waals surface area contributed by atoms with Gasteiger partial charge in [0.1, 0.15) is 24.9 Å². The van der Waals surface area contributed by atoms with Crippen molar-refractivity contribution in [3.8, 4) is 11.1 Å². The number of hydrogen-bond acceptors (Lipinski definition) is 9. The number of carbonyl (C=O) groups is 2. The number of fused-ring (bicyclic) bond motifs is 4. The zero-order valence-electron chi connectivity index (χ0n) is 23.4. The molecule has 3 heterocycles. The average Bonchev–Trinajstić information content (AvgIpc) is 3.58. The highest BCUT2D eigenvalue weighted by Gasteiger charge is 2.56. The number of benzene rings is 2. The molecule has 5 atom stereocenters. The molecule has 2 fully saturated rings. The number of aromatic amines is 1. The zero-order valence-corrected chi connectivity index (χ0v) is 24.2. The Labute approximate surface area is 250 Å². The Morgan fingerprint density at radius 3 is 2.35 bits per heavy atom. The summed E-state index contributed by atoms with van der Waals surface area (Å²) in [4.78, 5) is 50.9. The van der Waals surface area contributed by atoms with Crippen LogP contribution in [0.4, 0.5) is 4.79 Å². The van der Waals surface area contributed by atoms with E-state index in [4.69, 9.17) is 18.9 Å². The Balaban J connectivity index is 1.06. The van der Waals surface area contributed by atoms with Crippen LogP contribution in [0.5, 0.6) is 0 Å². The van der Waals surface area contributed by atoms with Crippen molar-refractivity contribution in [2.24, 2.45) is 0 Å². The Kier molecular flexibility index (Phi) is 7.90. The van der Waals surface area contributed by atoms with Gasteiger partial charge >= 0.3 is 17.8 Å². The number of carbonyl (C=O) groups excluding carboxylic acids is 1. The van der Waals surface area contributed by atoms with Crippen molar-refractivity contribution >= 4 is 23.8 Å². The maximum atomic E-state index is 12.7. The minimum Gasteiger partial charge on any atom is -0.480 e. The van der Waals surface area contributed by atoms with Gasteiger partial charge < -0.3 is 29.4 Å². The summed E-state index contributed by atoms with van der Waals surface area (Å²) >= 11 is 1.25. The fourth-order valence-corrected chi connectivity index (χ4v) is 7.00. The zero-order chi connectivity index (χ0) is 30.3. The molecule has 3 N–H and O–H groups in total. The van der Waals surface area contributed by atoms with E-state index in [1.54, 1.807) is 13.8 Å². The van der Waals surface area contributed by atoms with E-state index in [0.29, 0.717) is 5.75 Å². The predicted molar refractivity (Wildman–Crippen MR) is 156 cm³/mol. The Morgan fingerprint density at radius 2 is 1.70 bits per heavy atom. The maximum absolute atomic E-state index is 12.7. The van der Waals surface area contributed by atoms with Gasteiger partial charge in [-0.05, 0) is 36.1 Å². The number of alkyl carbamates (subject to hydrolysis) is 1. The van der Waals surface area contributed by atoms with Crippen molar-refractivity contribution in [2.45, 2.75) is 56.1 Å². The highest BCUT2D eigenvalue weighted by atomic mass is 32.2. The van der Waals surface area contributed by atoms with E-state index in [1.165, 1.54) is 28.6 Å². The SMILES string of the molecule is CC1(C)O[C@@H]2[C@H](O1)[C@@H](CSC[C@@H](NC(=O)OCC1c3ccccc3-c3ccccc31)C(=O)O)O[C@H]2n1ccc(=O)[nH]c1=O. The lowest BCUT2D eigenvalue weighted by atomic mass is 9.98. The molecule has 1 amide bonds. The molecule has 3 aromatic rings. The number of aromatic nitrogens is 2. The van der Waals surface area contributed by atoms with Gasteiger partial charge in [-0.3, -0.25) is 14.3 Å². The number of nitrogens with one attached hydrogen (secondary N) is 2. The van der Waals surface area contributed by atoms with Crippen molar-refractivity contribution in [1.29, 1.82) is 0 Å². The number of thioether (sulfide) groups is 1. The summed E-state index contributed by atoms with van der Waals surface area (Å²) in [6, 6.07) is 15.9. The van der Waals surface area contributed by atoms with Crippen molar-refractivity contribution in [1.82, 2.24) is 14.9 Å². The first kappa shape index (κ1) is 29.2. The van der Waals surface area contributed by atoms with Crippen molar-refractivity contribution in [3.05, 3.63) is 92.8 Å². The minimum atomic E-state index is -1.22. The molecule has 226 valence electrons. The normalized spacial score (nSPS) is 24.1. The monoisotopic (exact) mass is 609 g/mol. The number of carboxylic acids is 1. The number of carboxylic acid groups (broad SMARTS) is 1. The summed E-state index contributed by atoms with van der Waals surface area (Å²) in [6.45, 7) is 3.57. The van der Waals surface area contributed by atoms with Crippen LogP contribution in [-0.4, -0.2) is 75.0 Å². The van der Waals surface area contributed by atoms with Gasteiger partial charge in [-0.15, -0.1) is 0 Å². The van der Waals surface area contributed by atoms with Gasteiger partial charge in [-0.1, -0.05) is 48.5 Å². The topological polar surface area (TPSA) is 158 Å². The van der Waals surface area contributed by atoms with Crippen LogP contribution < -0.4 is 16.6 Å². The van der Waals surface area contributed by atoms with Gasteiger partial charge in [0.15, 0.2) is 12.0 Å². The predicted octanol–water partition coefficient (Wildman–Crippen LogP) is 2.68. The maximum Gasteiger partial charge on any atom is 0.407 e. The lowest BCUT2D eigenvalue weighted by molar-refractivity contribution is -0.194. The molecule has 2 saturated heterocycles. The average molecular weight is 610 g/mol. The quantitative estimate of drug-likeness (QED) is 0.329. The van der Waals surface area contributed by atoms with E-state index in [9.17, 15) is 24.3 Å². The summed E-state index contributed by atoms with van der Waals surface area (Å²) in [5, 5.41) is 12.3. The molecule has 6 rings (SSSR count). The van der Waals surface area contributed by atoms with E-state index < -0.39 is 59.7 Å². The van der Waals surface area contributed by atoms with Crippen molar-refractivity contribution < 1.29 is 33.6 Å². The van der Waals surface area contributed by atoms with Crippen LogP contribution in [-0.2, 0) is 23.7 Å². The molecular weight excluding hydrogens is 578 g/mol. The van der Waals surface area contributed by atoms with E-state index in [2.05, 4.69) is 10.3 Å². The van der Waals surface area contributed by atoms with Gasteiger partial charge in [0.25, 0.3) is 5.56 Å². The number of rotatable bonds is 9. The van der Waals surface area contributed by atoms with E-state index >= 15 is 0 Å². The third kappa shape index (κ3) is 5.85. The number of hydrogen-bond donors (Lipinski definition) is 3. The van der Waals surface area contributed by atoms with Gasteiger partial charge in [0.2, 0.25) is 0 Å². The molecule has 1 aliphatic carbocycles. The number of ether oxygens (including phenoxy) is 4. The Bertz CT molecular complexity index is 1610. The van der Waals surface area contributed by atoms with Gasteiger partial charge in [0, 0.05) is 29.7 Å². The molecule has 0 spiro atoms. The molecule has 2 aromatic carbocycles. The first-order chi connectivity index (χ1) is 20.6. The molecule has 0 bridgehead atoms. The molecule has 3 aliphatic rings. The van der Waals surface area contributed by atoms with E-state index in [-0.39, 0.29) is 18.3 Å². The third-order valence-corrected chi connectivity index (χ3v) is 8.88. The summed E-state index contributed by atoms with van der Waals surface area (Å²) < 4.78 is 24.9. The standard InChI is InChI=1S/C30H31N3O9S/c1-30(2)41-24-22(40-26(25(24)42-30)33-12-11-23(34)32-28(33)37)15-43-14-21(27(35)36)31-29(38)39-13-20-18-9-5-3-7-16(18)17-8-4-6-10-19(17)20/h3-12,20-22,24-26H,13-15H2,1-2H3,(H,31,38)(H,35,36)(H,32,34,37)/t21-,22-,24-,25-,26-/m1/s1. The number of aliphatic carboxylic acids is 1. The fraction of sp³-hybridized carbons (Fsp3) is 0.400. The Morgan fingerprint density at radius 1 is 1.05 bits per heavy atom. The highest BCUT2D eigenvalue weighted by Crippen LogP contribution is 2.45. The molecule has 0 saturated carbocycles. The summed E-state index contributed by atoms with van der Waals surface area (Å²) in [7, 11) is 0. The number of amides is 1. The molecule has 2 aliphatic heterocycles. The van der Waals surface area contributed by atoms with E-state index in [1.807, 2.05) is 48.5 Å². The van der Waals surface area contributed by atoms with Crippen molar-refractivity contribution in [3.63, 3.8) is 0 Å². The second-order valence-electron chi connectivity index (χ2n) is 11.0. The van der Waals surface area contributed by atoms with Gasteiger partial charge in [0.05, 0.1) is 6.10 Å². The van der Waals surface area contributed by atoms with E-state index in [0.717, 1.165) is 22.3 Å². The minimum absolute atomic E-state index is 0.0320. The lowest BCUT2D eigenvalue weighted by Crippen LogP contribution is -2.43. The van der Waals surface area contributed by atoms with Crippen LogP contribution in [0.3, 0.4) is 0 Å². The van der Waals surface area contributed by atoms with Gasteiger partial charge in [-0.25, -0.2) is 14.4 Å². The number of H-pyrrole nitrogens is 1. The third-order valence-electron chi connectivity index (χ3n) is 7.75. The van der Waals surface area contributed by atoms with Crippen LogP contribution in [0, 0.1) is 0 Å². The Hall–Kier alpha value is -3.91. The second kappa shape index (κ2) is 11.6. The highest BCUT2D eigenvalue weighted by molar-refractivity contribution is 7.99. The molecule has 13 heteroatoms. The fourth-order valence-electron chi connectivity index (χ4n) is 5.90. The van der Waals surface area contributed by atoms with Crippen LogP contribution in [0.25, 0.3) is 11.1 Å². The van der Waals surface area contributed by atoms with Crippen LogP contribution in [0.15, 0.2) is 70.4 Å². The smallest absolute Gasteiger partial charge is 0.407 e. The molecule has 0 unspecified atom stereocenters. The summed E-state index contributed by atoms with van der Waals surface area (Å²) in [5.74, 6) is -1.95. The molecule has 12 nitrogen and oxygen atoms in total. The van der Waals surface area contributed by atoms with Crippen LogP contribution in [0.2, 0.25) is 0 Å². The molecule has 1 aromatic heterocycles.